The van der Waals surface area contributed by atoms with Crippen LogP contribution in [0.1, 0.15) is 5.56 Å². The number of ether oxygens (including phenoxy) is 3. The van der Waals surface area contributed by atoms with E-state index in [9.17, 15) is 18.4 Å². The molecule has 0 bridgehead atoms. The molecule has 0 saturated carbocycles. The molecule has 2 amide bonds. The molecule has 0 aromatic heterocycles. The number of benzene rings is 2. The van der Waals surface area contributed by atoms with E-state index in [1.165, 1.54) is 49.4 Å². The van der Waals surface area contributed by atoms with E-state index in [2.05, 4.69) is 10.1 Å². The van der Waals surface area contributed by atoms with Crippen LogP contribution in [0.3, 0.4) is 0 Å². The molecule has 0 heterocycles. The molecular formula is C21H22F2N2O5. The molecular weight excluding hydrogens is 398 g/mol. The van der Waals surface area contributed by atoms with Gasteiger partial charge in [-0.3, -0.25) is 9.59 Å². The third-order valence-electron chi connectivity index (χ3n) is 3.95. The molecule has 0 aliphatic heterocycles. The highest BCUT2D eigenvalue weighted by Crippen LogP contribution is 2.29. The summed E-state index contributed by atoms with van der Waals surface area (Å²) in [6.07, 6.45) is 2.75. The Kier molecular flexibility index (Phi) is 8.16. The van der Waals surface area contributed by atoms with Crippen molar-refractivity contribution in [2.24, 2.45) is 0 Å². The molecule has 2 aromatic rings. The average molecular weight is 420 g/mol. The summed E-state index contributed by atoms with van der Waals surface area (Å²) in [6.45, 7) is -3.13. The standard InChI is InChI=1S/C21H22F2N2O5/c1-25(13-19(26)24-15-6-8-16(28-2)9-7-15)20(27)11-5-14-4-10-17(30-21(22)23)18(12-14)29-3/h4-12,21H,13H2,1-3H3,(H,24,26)/b11-5+. The largest absolute Gasteiger partial charge is 0.497 e. The Morgan fingerprint density at radius 2 is 1.77 bits per heavy atom. The van der Waals surface area contributed by atoms with E-state index < -0.39 is 12.5 Å². The van der Waals surface area contributed by atoms with Gasteiger partial charge in [-0.1, -0.05) is 6.07 Å². The van der Waals surface area contributed by atoms with E-state index in [1.54, 1.807) is 31.4 Å². The Labute approximate surface area is 172 Å². The molecule has 0 spiro atoms. The second-order valence-electron chi connectivity index (χ2n) is 6.09. The summed E-state index contributed by atoms with van der Waals surface area (Å²) in [5.41, 5.74) is 1.12. The summed E-state index contributed by atoms with van der Waals surface area (Å²) in [5.74, 6) is -0.109. The van der Waals surface area contributed by atoms with Crippen LogP contribution in [0.15, 0.2) is 48.5 Å². The van der Waals surface area contributed by atoms with Crippen molar-refractivity contribution < 1.29 is 32.6 Å². The van der Waals surface area contributed by atoms with Gasteiger partial charge >= 0.3 is 6.61 Å². The van der Waals surface area contributed by atoms with Crippen LogP contribution in [-0.2, 0) is 9.59 Å². The lowest BCUT2D eigenvalue weighted by Crippen LogP contribution is -2.33. The van der Waals surface area contributed by atoms with Crippen LogP contribution >= 0.6 is 0 Å². The van der Waals surface area contributed by atoms with Gasteiger partial charge in [0.2, 0.25) is 11.8 Å². The third-order valence-corrected chi connectivity index (χ3v) is 3.95. The number of nitrogens with one attached hydrogen (secondary N) is 1. The number of anilines is 1. The molecule has 0 saturated heterocycles. The zero-order chi connectivity index (χ0) is 22.1. The van der Waals surface area contributed by atoms with E-state index in [0.717, 1.165) is 0 Å². The Morgan fingerprint density at radius 3 is 2.37 bits per heavy atom. The van der Waals surface area contributed by atoms with Gasteiger partial charge in [0.05, 0.1) is 20.8 Å². The van der Waals surface area contributed by atoms with E-state index in [4.69, 9.17) is 9.47 Å². The summed E-state index contributed by atoms with van der Waals surface area (Å²) in [5, 5.41) is 2.69. The molecule has 2 aromatic carbocycles. The van der Waals surface area contributed by atoms with Crippen LogP contribution in [0.4, 0.5) is 14.5 Å². The summed E-state index contributed by atoms with van der Waals surface area (Å²) in [6, 6.07) is 11.1. The second kappa shape index (κ2) is 10.8. The Hall–Kier alpha value is -3.62. The van der Waals surface area contributed by atoms with Crippen molar-refractivity contribution >= 4 is 23.6 Å². The normalized spacial score (nSPS) is 10.7. The molecule has 2 rings (SSSR count). The number of halogens is 2. The highest BCUT2D eigenvalue weighted by atomic mass is 19.3. The van der Waals surface area contributed by atoms with Crippen molar-refractivity contribution in [3.05, 3.63) is 54.1 Å². The monoisotopic (exact) mass is 420 g/mol. The molecule has 9 heteroatoms. The van der Waals surface area contributed by atoms with Crippen LogP contribution in [0.5, 0.6) is 17.2 Å². The minimum Gasteiger partial charge on any atom is -0.497 e. The number of carbonyl (C=O) groups is 2. The molecule has 0 radical (unpaired) electrons. The molecule has 0 fully saturated rings. The number of carbonyl (C=O) groups excluding carboxylic acids is 2. The number of hydrogen-bond donors (Lipinski definition) is 1. The minimum atomic E-state index is -2.97. The first-order valence-corrected chi connectivity index (χ1v) is 8.82. The minimum absolute atomic E-state index is 0.108. The lowest BCUT2D eigenvalue weighted by molar-refractivity contribution is -0.129. The topological polar surface area (TPSA) is 77.1 Å². The van der Waals surface area contributed by atoms with Crippen molar-refractivity contribution in [3.8, 4) is 17.2 Å². The molecule has 0 atom stereocenters. The molecule has 30 heavy (non-hydrogen) atoms. The SMILES string of the molecule is COc1ccc(NC(=O)CN(C)C(=O)/C=C/c2ccc(OC(F)F)c(OC)c2)cc1. The number of alkyl halides is 2. The number of rotatable bonds is 9. The zero-order valence-corrected chi connectivity index (χ0v) is 16.7. The fourth-order valence-corrected chi connectivity index (χ4v) is 2.44. The van der Waals surface area contributed by atoms with Crippen molar-refractivity contribution in [1.82, 2.24) is 4.90 Å². The van der Waals surface area contributed by atoms with Crippen LogP contribution in [0.2, 0.25) is 0 Å². The highest BCUT2D eigenvalue weighted by Gasteiger charge is 2.12. The maximum atomic E-state index is 12.4. The van der Waals surface area contributed by atoms with Crippen molar-refractivity contribution in [2.45, 2.75) is 6.61 Å². The first-order chi connectivity index (χ1) is 14.3. The van der Waals surface area contributed by atoms with Gasteiger partial charge in [-0.2, -0.15) is 8.78 Å². The van der Waals surface area contributed by atoms with Crippen molar-refractivity contribution in [2.75, 3.05) is 33.1 Å². The first-order valence-electron chi connectivity index (χ1n) is 8.82. The third kappa shape index (κ3) is 6.77. The van der Waals surface area contributed by atoms with Crippen LogP contribution in [0, 0.1) is 0 Å². The number of likely N-dealkylation sites (N-methyl/N-ethyl adjacent to an activating group) is 1. The van der Waals surface area contributed by atoms with Crippen LogP contribution in [-0.4, -0.2) is 51.1 Å². The first kappa shape index (κ1) is 22.7. The number of amides is 2. The van der Waals surface area contributed by atoms with Crippen LogP contribution in [0.25, 0.3) is 6.08 Å². The summed E-state index contributed by atoms with van der Waals surface area (Å²) < 4.78 is 39.2. The number of nitrogens with zero attached hydrogens (tertiary/aromatic N) is 1. The van der Waals surface area contributed by atoms with Crippen LogP contribution < -0.4 is 19.5 Å². The van der Waals surface area contributed by atoms with Crippen molar-refractivity contribution in [3.63, 3.8) is 0 Å². The average Bonchev–Trinajstić information content (AvgIpc) is 2.72. The quantitative estimate of drug-likeness (QED) is 0.629. The highest BCUT2D eigenvalue weighted by molar-refractivity contribution is 5.97. The molecule has 160 valence electrons. The fraction of sp³-hybridized carbons (Fsp3) is 0.238. The predicted octanol–water partition coefficient (Wildman–Crippen LogP) is 3.42. The zero-order valence-electron chi connectivity index (χ0n) is 16.7. The van der Waals surface area contributed by atoms with Gasteiger partial charge in [0.1, 0.15) is 5.75 Å². The number of methoxy groups -OCH3 is 2. The van der Waals surface area contributed by atoms with Gasteiger partial charge in [0, 0.05) is 18.8 Å². The molecule has 0 aliphatic rings. The maximum absolute atomic E-state index is 12.4. The number of hydrogen-bond acceptors (Lipinski definition) is 5. The smallest absolute Gasteiger partial charge is 0.387 e. The molecule has 7 nitrogen and oxygen atoms in total. The van der Waals surface area contributed by atoms with E-state index in [-0.39, 0.29) is 24.0 Å². The van der Waals surface area contributed by atoms with Gasteiger partial charge in [0.15, 0.2) is 11.5 Å². The van der Waals surface area contributed by atoms with Gasteiger partial charge in [0.25, 0.3) is 0 Å². The van der Waals surface area contributed by atoms with Gasteiger partial charge in [-0.05, 0) is 48.0 Å². The summed E-state index contributed by atoms with van der Waals surface area (Å²) >= 11 is 0. The second-order valence-corrected chi connectivity index (χ2v) is 6.09. The maximum Gasteiger partial charge on any atom is 0.387 e. The lowest BCUT2D eigenvalue weighted by atomic mass is 10.2. The predicted molar refractivity (Wildman–Crippen MR) is 108 cm³/mol. The van der Waals surface area contributed by atoms with Gasteiger partial charge < -0.3 is 24.4 Å². The molecule has 0 aliphatic carbocycles. The molecule has 1 N–H and O–H groups in total. The summed E-state index contributed by atoms with van der Waals surface area (Å²) in [7, 11) is 4.35. The van der Waals surface area contributed by atoms with Gasteiger partial charge in [-0.25, -0.2) is 0 Å². The van der Waals surface area contributed by atoms with Crippen molar-refractivity contribution in [1.29, 1.82) is 0 Å². The lowest BCUT2D eigenvalue weighted by Gasteiger charge is -2.15. The fourth-order valence-electron chi connectivity index (χ4n) is 2.44. The summed E-state index contributed by atoms with van der Waals surface area (Å²) in [4.78, 5) is 25.6. The Balaban J connectivity index is 1.94. The Bertz CT molecular complexity index is 901. The van der Waals surface area contributed by atoms with E-state index in [1.807, 2.05) is 0 Å². The van der Waals surface area contributed by atoms with E-state index >= 15 is 0 Å². The Morgan fingerprint density at radius 1 is 1.07 bits per heavy atom. The molecule has 0 unspecified atom stereocenters. The van der Waals surface area contributed by atoms with E-state index in [0.29, 0.717) is 17.0 Å². The van der Waals surface area contributed by atoms with Gasteiger partial charge in [-0.15, -0.1) is 0 Å².